The van der Waals surface area contributed by atoms with E-state index in [9.17, 15) is 9.59 Å². The fourth-order valence-electron chi connectivity index (χ4n) is 6.79. The van der Waals surface area contributed by atoms with Gasteiger partial charge >= 0.3 is 0 Å². The van der Waals surface area contributed by atoms with Gasteiger partial charge in [-0.25, -0.2) is 0 Å². The van der Waals surface area contributed by atoms with Crippen LogP contribution in [0.4, 0.5) is 0 Å². The smallest absolute Gasteiger partial charge is 0.242 e. The van der Waals surface area contributed by atoms with Crippen LogP contribution in [0.1, 0.15) is 52.9 Å². The van der Waals surface area contributed by atoms with E-state index < -0.39 is 8.32 Å². The number of carbonyl (C=O) groups is 2. The van der Waals surface area contributed by atoms with Gasteiger partial charge < -0.3 is 4.43 Å². The highest BCUT2D eigenvalue weighted by Crippen LogP contribution is 2.64. The highest BCUT2D eigenvalue weighted by atomic mass is 28.4. The van der Waals surface area contributed by atoms with Gasteiger partial charge in [0.15, 0.2) is 5.78 Å². The predicted molar refractivity (Wildman–Crippen MR) is 114 cm³/mol. The van der Waals surface area contributed by atoms with E-state index >= 15 is 0 Å². The molecule has 0 aliphatic heterocycles. The van der Waals surface area contributed by atoms with Crippen LogP contribution in [0.2, 0.25) is 19.6 Å². The van der Waals surface area contributed by atoms with E-state index in [1.807, 2.05) is 6.08 Å². The van der Waals surface area contributed by atoms with Crippen molar-refractivity contribution in [3.63, 3.8) is 0 Å². The van der Waals surface area contributed by atoms with Crippen molar-refractivity contribution in [3.8, 4) is 0 Å². The van der Waals surface area contributed by atoms with Crippen LogP contribution in [0.5, 0.6) is 0 Å². The van der Waals surface area contributed by atoms with E-state index in [-0.39, 0.29) is 22.4 Å². The minimum Gasteiger partial charge on any atom is -0.542 e. The van der Waals surface area contributed by atoms with Crippen LogP contribution in [0, 0.1) is 28.6 Å². The Morgan fingerprint density at radius 2 is 1.89 bits per heavy atom. The van der Waals surface area contributed by atoms with Crippen LogP contribution in [0.25, 0.3) is 0 Å². The van der Waals surface area contributed by atoms with Gasteiger partial charge in [-0.3, -0.25) is 9.59 Å². The van der Waals surface area contributed by atoms with Crippen molar-refractivity contribution in [2.24, 2.45) is 28.6 Å². The summed E-state index contributed by atoms with van der Waals surface area (Å²) in [5, 5.41) is 0. The Morgan fingerprint density at radius 1 is 1.18 bits per heavy atom. The molecular weight excluding hydrogens is 364 g/mol. The first-order valence-electron chi connectivity index (χ1n) is 10.8. The van der Waals surface area contributed by atoms with Crippen molar-refractivity contribution < 1.29 is 14.0 Å². The summed E-state index contributed by atoms with van der Waals surface area (Å²) in [5.41, 5.74) is 2.31. The van der Waals surface area contributed by atoms with Gasteiger partial charge in [0.2, 0.25) is 14.1 Å². The van der Waals surface area contributed by atoms with Crippen molar-refractivity contribution in [3.05, 3.63) is 35.1 Å². The predicted octanol–water partition coefficient (Wildman–Crippen LogP) is 5.60. The minimum absolute atomic E-state index is 0.0381. The van der Waals surface area contributed by atoms with Crippen LogP contribution in [-0.2, 0) is 14.0 Å². The fourth-order valence-corrected chi connectivity index (χ4v) is 7.61. The van der Waals surface area contributed by atoms with E-state index in [0.717, 1.165) is 37.7 Å². The first-order valence-corrected chi connectivity index (χ1v) is 14.3. The molecule has 0 aromatic rings. The van der Waals surface area contributed by atoms with E-state index in [0.29, 0.717) is 23.5 Å². The zero-order valence-electron chi connectivity index (χ0n) is 18.2. The molecule has 0 aromatic carbocycles. The molecule has 4 aliphatic carbocycles. The zero-order valence-corrected chi connectivity index (χ0v) is 19.2. The van der Waals surface area contributed by atoms with Gasteiger partial charge in [-0.2, -0.15) is 0 Å². The number of hydrogen-bond donors (Lipinski definition) is 0. The Bertz CT molecular complexity index is 827. The average molecular weight is 399 g/mol. The Labute approximate surface area is 170 Å². The van der Waals surface area contributed by atoms with Crippen molar-refractivity contribution in [2.75, 3.05) is 0 Å². The Kier molecular flexibility index (Phi) is 4.46. The molecule has 152 valence electrons. The maximum absolute atomic E-state index is 12.7. The average Bonchev–Trinajstić information content (AvgIpc) is 2.92. The van der Waals surface area contributed by atoms with Gasteiger partial charge in [0.1, 0.15) is 5.76 Å². The van der Waals surface area contributed by atoms with Crippen LogP contribution in [-0.4, -0.2) is 19.9 Å². The molecule has 0 heterocycles. The molecule has 3 nitrogen and oxygen atoms in total. The number of Topliss-reactive ketones (excluding diaryl/α,β-unsaturated/α-hetero) is 1. The van der Waals surface area contributed by atoms with Gasteiger partial charge in [0, 0.05) is 5.41 Å². The Hall–Kier alpha value is -1.42. The van der Waals surface area contributed by atoms with Crippen molar-refractivity contribution in [2.45, 2.75) is 72.5 Å². The molecule has 2 fully saturated rings. The molecule has 0 radical (unpaired) electrons. The number of hydrogen-bond acceptors (Lipinski definition) is 3. The first kappa shape index (κ1) is 19.9. The number of carbonyl (C=O) groups excluding carboxylic acids is 2. The maximum atomic E-state index is 12.7. The molecule has 0 amide bonds. The highest BCUT2D eigenvalue weighted by Gasteiger charge is 2.57. The topological polar surface area (TPSA) is 43.4 Å². The second kappa shape index (κ2) is 6.29. The van der Waals surface area contributed by atoms with Crippen LogP contribution >= 0.6 is 0 Å². The standard InChI is InChI=1S/C24H34O3Si/c1-15(25)18-9-10-19-17-8-7-16-13-21(26)22(27-28(4,5)6)14-24(16,3)20(17)11-12-23(18,19)2/h9,13-14,17,19-20H,7-8,10-12H2,1-6H3/t17-,19-,20-,23+,24-/m0/s1. The SMILES string of the molecule is CC(=O)C1=CC[C@H]2[C@@H]3CCC4=CC(=O)C(O[Si](C)(C)C)=C[C@]4(C)[C@H]3CC[C@]12C. The third kappa shape index (κ3) is 2.90. The molecule has 0 bridgehead atoms. The van der Waals surface area contributed by atoms with E-state index in [2.05, 4.69) is 45.6 Å². The third-order valence-corrected chi connectivity index (χ3v) is 8.83. The Balaban J connectivity index is 1.68. The molecule has 0 spiro atoms. The lowest BCUT2D eigenvalue weighted by atomic mass is 9.47. The van der Waals surface area contributed by atoms with E-state index in [1.54, 1.807) is 6.92 Å². The molecular formula is C24H34O3Si. The van der Waals surface area contributed by atoms with Gasteiger partial charge in [0.25, 0.3) is 0 Å². The van der Waals surface area contributed by atoms with E-state index in [4.69, 9.17) is 4.43 Å². The number of fused-ring (bicyclic) bond motifs is 5. The summed E-state index contributed by atoms with van der Waals surface area (Å²) in [7, 11) is -1.84. The van der Waals surface area contributed by atoms with Gasteiger partial charge in [-0.15, -0.1) is 0 Å². The maximum Gasteiger partial charge on any atom is 0.242 e. The summed E-state index contributed by atoms with van der Waals surface area (Å²) >= 11 is 0. The lowest BCUT2D eigenvalue weighted by Gasteiger charge is -2.56. The van der Waals surface area contributed by atoms with Gasteiger partial charge in [0.05, 0.1) is 0 Å². The second-order valence-corrected chi connectivity index (χ2v) is 15.2. The highest BCUT2D eigenvalue weighted by molar-refractivity contribution is 6.70. The largest absolute Gasteiger partial charge is 0.542 e. The summed E-state index contributed by atoms with van der Waals surface area (Å²) in [5.74, 6) is 2.56. The van der Waals surface area contributed by atoms with Crippen molar-refractivity contribution in [1.29, 1.82) is 0 Å². The number of allylic oxidation sites excluding steroid dienone is 5. The van der Waals surface area contributed by atoms with Crippen LogP contribution < -0.4 is 0 Å². The molecule has 0 N–H and O–H groups in total. The van der Waals surface area contributed by atoms with Gasteiger partial charge in [-0.05, 0) is 99.6 Å². The monoisotopic (exact) mass is 398 g/mol. The summed E-state index contributed by atoms with van der Waals surface area (Å²) in [6.07, 6.45) is 11.6. The summed E-state index contributed by atoms with van der Waals surface area (Å²) in [6, 6.07) is 0. The number of rotatable bonds is 3. The Morgan fingerprint density at radius 3 is 2.54 bits per heavy atom. The molecule has 4 rings (SSSR count). The normalized spacial score (nSPS) is 39.9. The van der Waals surface area contributed by atoms with E-state index in [1.165, 1.54) is 5.57 Å². The lowest BCUT2D eigenvalue weighted by molar-refractivity contribution is -0.116. The van der Waals surface area contributed by atoms with Crippen LogP contribution in [0.3, 0.4) is 0 Å². The summed E-state index contributed by atoms with van der Waals surface area (Å²) < 4.78 is 6.19. The molecule has 0 saturated heterocycles. The fraction of sp³-hybridized carbons (Fsp3) is 0.667. The molecule has 5 atom stereocenters. The van der Waals surface area contributed by atoms with Crippen LogP contribution in [0.15, 0.2) is 35.1 Å². The third-order valence-electron chi connectivity index (χ3n) is 8.00. The summed E-state index contributed by atoms with van der Waals surface area (Å²) in [4.78, 5) is 24.9. The van der Waals surface area contributed by atoms with Crippen molar-refractivity contribution in [1.82, 2.24) is 0 Å². The molecule has 0 unspecified atom stereocenters. The molecule has 2 saturated carbocycles. The zero-order chi connectivity index (χ0) is 20.5. The lowest BCUT2D eigenvalue weighted by Crippen LogP contribution is -2.50. The summed E-state index contributed by atoms with van der Waals surface area (Å²) in [6.45, 7) is 12.8. The molecule has 0 aromatic heterocycles. The number of ketones is 2. The molecule has 4 aliphatic rings. The molecule has 28 heavy (non-hydrogen) atoms. The first-order chi connectivity index (χ1) is 13.0. The molecule has 4 heteroatoms. The second-order valence-electron chi connectivity index (χ2n) is 10.8. The quantitative estimate of drug-likeness (QED) is 0.581. The minimum atomic E-state index is -1.84. The van der Waals surface area contributed by atoms with Gasteiger partial charge in [-0.1, -0.05) is 25.5 Å². The van der Waals surface area contributed by atoms with Crippen molar-refractivity contribution >= 4 is 19.9 Å².